The largest absolute Gasteiger partial charge is 0.611 e. The minimum atomic E-state index is -1.33. The number of halogens is 1. The first-order chi connectivity index (χ1) is 8.63. The zero-order chi connectivity index (χ0) is 13.5. The van der Waals surface area contributed by atoms with E-state index in [-0.39, 0.29) is 5.75 Å². The lowest BCUT2D eigenvalue weighted by Gasteiger charge is -2.20. The molecular weight excluding hydrogens is 257 g/mol. The SMILES string of the molecule is COC(c1ccc([S+]([O-])CC=O)cc1)C(N)CF. The molecule has 4 nitrogen and oxygen atoms in total. The normalized spacial score (nSPS) is 16.0. The molecule has 0 heterocycles. The summed E-state index contributed by atoms with van der Waals surface area (Å²) in [6.45, 7) is -0.683. The van der Waals surface area contributed by atoms with Crippen molar-refractivity contribution in [2.24, 2.45) is 5.73 Å². The van der Waals surface area contributed by atoms with Crippen LogP contribution in [0.2, 0.25) is 0 Å². The van der Waals surface area contributed by atoms with E-state index in [2.05, 4.69) is 0 Å². The summed E-state index contributed by atoms with van der Waals surface area (Å²) in [5, 5.41) is 0. The summed E-state index contributed by atoms with van der Waals surface area (Å²) in [6.07, 6.45) is 0.0737. The summed E-state index contributed by atoms with van der Waals surface area (Å²) < 4.78 is 29.2. The highest BCUT2D eigenvalue weighted by Crippen LogP contribution is 2.22. The molecule has 0 saturated heterocycles. The Morgan fingerprint density at radius 2 is 2.11 bits per heavy atom. The summed E-state index contributed by atoms with van der Waals surface area (Å²) in [6, 6.07) is 5.89. The highest BCUT2D eigenvalue weighted by atomic mass is 32.2. The van der Waals surface area contributed by atoms with E-state index in [1.54, 1.807) is 24.3 Å². The number of rotatable bonds is 7. The molecule has 0 spiro atoms. The van der Waals surface area contributed by atoms with Gasteiger partial charge in [0, 0.05) is 7.11 Å². The molecule has 1 aromatic carbocycles. The van der Waals surface area contributed by atoms with Gasteiger partial charge in [0.2, 0.25) is 0 Å². The van der Waals surface area contributed by atoms with Crippen molar-refractivity contribution in [2.75, 3.05) is 19.5 Å². The third kappa shape index (κ3) is 3.78. The first kappa shape index (κ1) is 15.1. The molecular formula is C12H16FNO3S. The number of hydrogen-bond donors (Lipinski definition) is 1. The van der Waals surface area contributed by atoms with Crippen LogP contribution in [-0.2, 0) is 20.7 Å². The Morgan fingerprint density at radius 1 is 1.50 bits per heavy atom. The van der Waals surface area contributed by atoms with Gasteiger partial charge in [0.05, 0.1) is 12.1 Å². The second-order valence-corrected chi connectivity index (χ2v) is 5.22. The van der Waals surface area contributed by atoms with Crippen LogP contribution in [0.4, 0.5) is 4.39 Å². The van der Waals surface area contributed by atoms with Gasteiger partial charge in [0.1, 0.15) is 6.67 Å². The molecule has 0 aliphatic carbocycles. The van der Waals surface area contributed by atoms with E-state index in [4.69, 9.17) is 10.5 Å². The van der Waals surface area contributed by atoms with Crippen LogP contribution in [-0.4, -0.2) is 36.4 Å². The smallest absolute Gasteiger partial charge is 0.169 e. The second kappa shape index (κ2) is 7.48. The second-order valence-electron chi connectivity index (χ2n) is 3.72. The molecule has 0 saturated carbocycles. The summed E-state index contributed by atoms with van der Waals surface area (Å²) in [5.74, 6) is -0.0307. The lowest BCUT2D eigenvalue weighted by atomic mass is 10.0. The van der Waals surface area contributed by atoms with Crippen molar-refractivity contribution in [3.63, 3.8) is 0 Å². The fraction of sp³-hybridized carbons (Fsp3) is 0.417. The Kier molecular flexibility index (Phi) is 6.28. The van der Waals surface area contributed by atoms with E-state index in [1.165, 1.54) is 7.11 Å². The lowest BCUT2D eigenvalue weighted by molar-refractivity contribution is -0.105. The van der Waals surface area contributed by atoms with Crippen molar-refractivity contribution in [2.45, 2.75) is 17.0 Å². The molecule has 0 radical (unpaired) electrons. The van der Waals surface area contributed by atoms with Gasteiger partial charge in [-0.3, -0.25) is 4.79 Å². The molecule has 3 atom stereocenters. The summed E-state index contributed by atoms with van der Waals surface area (Å²) >= 11 is -1.33. The molecule has 0 aliphatic heterocycles. The molecule has 18 heavy (non-hydrogen) atoms. The van der Waals surface area contributed by atoms with Gasteiger partial charge in [-0.2, -0.15) is 0 Å². The third-order valence-electron chi connectivity index (χ3n) is 2.51. The zero-order valence-corrected chi connectivity index (χ0v) is 10.9. The fourth-order valence-corrected chi connectivity index (χ4v) is 2.36. The van der Waals surface area contributed by atoms with Crippen LogP contribution < -0.4 is 5.73 Å². The average molecular weight is 273 g/mol. The molecule has 0 aromatic heterocycles. The molecule has 0 fully saturated rings. The summed E-state index contributed by atoms with van der Waals surface area (Å²) in [5.41, 5.74) is 6.32. The molecule has 0 aliphatic rings. The number of aldehydes is 1. The predicted octanol–water partition coefficient (Wildman–Crippen LogP) is 0.977. The van der Waals surface area contributed by atoms with Crippen LogP contribution in [0.1, 0.15) is 11.7 Å². The Bertz CT molecular complexity index is 374. The van der Waals surface area contributed by atoms with E-state index in [0.29, 0.717) is 11.2 Å². The van der Waals surface area contributed by atoms with E-state index in [0.717, 1.165) is 5.56 Å². The van der Waals surface area contributed by atoms with Crippen LogP contribution >= 0.6 is 0 Å². The minimum Gasteiger partial charge on any atom is -0.611 e. The first-order valence-electron chi connectivity index (χ1n) is 5.40. The van der Waals surface area contributed by atoms with E-state index in [1.807, 2.05) is 0 Å². The van der Waals surface area contributed by atoms with Crippen molar-refractivity contribution in [3.8, 4) is 0 Å². The van der Waals surface area contributed by atoms with Crippen molar-refractivity contribution in [1.82, 2.24) is 0 Å². The van der Waals surface area contributed by atoms with Gasteiger partial charge in [-0.05, 0) is 28.9 Å². The number of methoxy groups -OCH3 is 1. The Hall–Kier alpha value is -0.950. The molecule has 1 rings (SSSR count). The van der Waals surface area contributed by atoms with Gasteiger partial charge in [-0.1, -0.05) is 12.1 Å². The molecule has 0 bridgehead atoms. The maximum Gasteiger partial charge on any atom is 0.169 e. The van der Waals surface area contributed by atoms with Gasteiger partial charge in [-0.15, -0.1) is 0 Å². The van der Waals surface area contributed by atoms with E-state index in [9.17, 15) is 13.7 Å². The molecule has 2 N–H and O–H groups in total. The summed E-state index contributed by atoms with van der Waals surface area (Å²) in [7, 11) is 1.46. The number of carbonyl (C=O) groups is 1. The molecule has 100 valence electrons. The number of alkyl halides is 1. The van der Waals surface area contributed by atoms with Crippen molar-refractivity contribution >= 4 is 17.5 Å². The highest BCUT2D eigenvalue weighted by Gasteiger charge is 2.20. The fourth-order valence-electron chi connectivity index (χ4n) is 1.61. The van der Waals surface area contributed by atoms with Crippen LogP contribution in [0.25, 0.3) is 0 Å². The monoisotopic (exact) mass is 273 g/mol. The van der Waals surface area contributed by atoms with Crippen molar-refractivity contribution in [1.29, 1.82) is 0 Å². The highest BCUT2D eigenvalue weighted by molar-refractivity contribution is 7.92. The van der Waals surface area contributed by atoms with Gasteiger partial charge < -0.3 is 15.0 Å². The van der Waals surface area contributed by atoms with E-state index < -0.39 is 30.0 Å². The van der Waals surface area contributed by atoms with Crippen LogP contribution in [0, 0.1) is 0 Å². The molecule has 6 heteroatoms. The van der Waals surface area contributed by atoms with Crippen molar-refractivity contribution < 1.29 is 18.5 Å². The van der Waals surface area contributed by atoms with Gasteiger partial charge >= 0.3 is 0 Å². The predicted molar refractivity (Wildman–Crippen MR) is 67.5 cm³/mol. The Labute approximate surface area is 108 Å². The maximum absolute atomic E-state index is 12.5. The van der Waals surface area contributed by atoms with Gasteiger partial charge in [0.25, 0.3) is 0 Å². The average Bonchev–Trinajstić information content (AvgIpc) is 2.40. The number of ether oxygens (including phenoxy) is 1. The van der Waals surface area contributed by atoms with E-state index >= 15 is 0 Å². The third-order valence-corrected chi connectivity index (χ3v) is 3.75. The van der Waals surface area contributed by atoms with Crippen LogP contribution in [0.15, 0.2) is 29.2 Å². The number of benzene rings is 1. The van der Waals surface area contributed by atoms with Crippen molar-refractivity contribution in [3.05, 3.63) is 29.8 Å². The summed E-state index contributed by atoms with van der Waals surface area (Å²) in [4.78, 5) is 10.8. The standard InChI is InChI=1S/C12H16FNO3S/c1-17-12(11(14)8-13)9-2-4-10(5-3-9)18(16)7-6-15/h2-6,11-12H,7-8,14H2,1H3. The zero-order valence-electron chi connectivity index (χ0n) is 10.0. The molecule has 3 unspecified atom stereocenters. The van der Waals surface area contributed by atoms with Crippen LogP contribution in [0.5, 0.6) is 0 Å². The first-order valence-corrected chi connectivity index (χ1v) is 6.72. The Balaban J connectivity index is 2.83. The quantitative estimate of drug-likeness (QED) is 0.593. The lowest BCUT2D eigenvalue weighted by Crippen LogP contribution is -2.31. The van der Waals surface area contributed by atoms with Gasteiger partial charge in [0.15, 0.2) is 16.9 Å². The Morgan fingerprint density at radius 3 is 2.56 bits per heavy atom. The topological polar surface area (TPSA) is 75.4 Å². The number of hydrogen-bond acceptors (Lipinski definition) is 4. The number of carbonyl (C=O) groups excluding carboxylic acids is 1. The van der Waals surface area contributed by atoms with Crippen LogP contribution in [0.3, 0.4) is 0 Å². The minimum absolute atomic E-state index is 0.0307. The number of nitrogens with two attached hydrogens (primary N) is 1. The molecule has 1 aromatic rings. The molecule has 0 amide bonds. The van der Waals surface area contributed by atoms with Gasteiger partial charge in [-0.25, -0.2) is 4.39 Å². The maximum atomic E-state index is 12.5.